The molecule has 4 aliphatic carbocycles. The van der Waals surface area contributed by atoms with Crippen LogP contribution in [0.15, 0.2) is 11.6 Å². The third-order valence-electron chi connectivity index (χ3n) is 7.90. The Morgan fingerprint density at radius 3 is 2.65 bits per heavy atom. The summed E-state index contributed by atoms with van der Waals surface area (Å²) < 4.78 is 37.4. The van der Waals surface area contributed by atoms with E-state index in [2.05, 4.69) is 5.92 Å². The van der Waals surface area contributed by atoms with Gasteiger partial charge in [0.25, 0.3) is 0 Å². The molecule has 3 fully saturated rings. The number of rotatable bonds is 2. The number of carbonyl (C=O) groups is 1. The molecule has 4 aliphatic rings. The van der Waals surface area contributed by atoms with Gasteiger partial charge >= 0.3 is 10.4 Å². The fraction of sp³-hybridized carbons (Fsp3) is 0.750. The van der Waals surface area contributed by atoms with Crippen molar-refractivity contribution in [3.63, 3.8) is 0 Å². The number of fused-ring (bicyclic) bond motifs is 5. The first-order valence-corrected chi connectivity index (χ1v) is 10.9. The molecule has 4 rings (SSSR count). The second-order valence-electron chi connectivity index (χ2n) is 8.78. The summed E-state index contributed by atoms with van der Waals surface area (Å²) in [6.07, 6.45) is 14.2. The van der Waals surface area contributed by atoms with Crippen molar-refractivity contribution in [1.82, 2.24) is 0 Å². The van der Waals surface area contributed by atoms with Crippen LogP contribution in [0.2, 0.25) is 0 Å². The molecule has 0 spiro atoms. The highest BCUT2D eigenvalue weighted by molar-refractivity contribution is 7.80. The summed E-state index contributed by atoms with van der Waals surface area (Å²) in [5.74, 6) is 4.66. The fourth-order valence-electron chi connectivity index (χ4n) is 6.76. The minimum Gasteiger partial charge on any atom is -0.295 e. The van der Waals surface area contributed by atoms with E-state index in [0.29, 0.717) is 36.5 Å². The van der Waals surface area contributed by atoms with E-state index in [-0.39, 0.29) is 5.78 Å². The van der Waals surface area contributed by atoms with Gasteiger partial charge in [-0.15, -0.1) is 6.42 Å². The molecule has 5 nitrogen and oxygen atoms in total. The lowest BCUT2D eigenvalue weighted by Gasteiger charge is -2.55. The van der Waals surface area contributed by atoms with Gasteiger partial charge in [0.2, 0.25) is 0 Å². The SMILES string of the molecule is C#C[C@@]1(OS(=O)(=O)O)CC[C@@H]2[C@H]3CCC4=CC(=O)CC[C@H]4[C@@H]3CC[C@]21C. The Morgan fingerprint density at radius 1 is 1.19 bits per heavy atom. The van der Waals surface area contributed by atoms with Crippen molar-refractivity contribution in [1.29, 1.82) is 0 Å². The van der Waals surface area contributed by atoms with Gasteiger partial charge in [0, 0.05) is 11.8 Å². The normalized spacial score (nSPS) is 45.1. The Kier molecular flexibility index (Phi) is 4.15. The molecule has 0 heterocycles. The van der Waals surface area contributed by atoms with E-state index >= 15 is 0 Å². The molecule has 0 amide bonds. The molecule has 0 aromatic rings. The summed E-state index contributed by atoms with van der Waals surface area (Å²) in [4.78, 5) is 11.8. The molecular formula is C20H26O5S. The number of hydrogen-bond acceptors (Lipinski definition) is 4. The van der Waals surface area contributed by atoms with E-state index in [1.54, 1.807) is 0 Å². The predicted octanol–water partition coefficient (Wildman–Crippen LogP) is 3.32. The average molecular weight is 378 g/mol. The van der Waals surface area contributed by atoms with Crippen molar-refractivity contribution in [2.75, 3.05) is 0 Å². The Balaban J connectivity index is 1.66. The Hall–Kier alpha value is -1.16. The highest BCUT2D eigenvalue weighted by atomic mass is 32.3. The molecule has 0 bridgehead atoms. The third-order valence-corrected chi connectivity index (χ3v) is 8.40. The lowest BCUT2D eigenvalue weighted by atomic mass is 9.50. The van der Waals surface area contributed by atoms with Gasteiger partial charge in [0.15, 0.2) is 11.4 Å². The average Bonchev–Trinajstić information content (AvgIpc) is 2.86. The zero-order valence-corrected chi connectivity index (χ0v) is 15.9. The molecule has 0 unspecified atom stereocenters. The molecule has 3 saturated carbocycles. The molecule has 6 atom stereocenters. The van der Waals surface area contributed by atoms with Crippen molar-refractivity contribution < 1.29 is 21.9 Å². The van der Waals surface area contributed by atoms with Crippen LogP contribution in [0.1, 0.15) is 58.3 Å². The molecule has 0 aliphatic heterocycles. The number of carbonyl (C=O) groups excluding carboxylic acids is 1. The molecule has 0 aromatic carbocycles. The van der Waals surface area contributed by atoms with Crippen molar-refractivity contribution in [2.45, 2.75) is 63.9 Å². The van der Waals surface area contributed by atoms with Gasteiger partial charge in [0.1, 0.15) is 0 Å². The van der Waals surface area contributed by atoms with Crippen molar-refractivity contribution in [3.8, 4) is 12.3 Å². The summed E-state index contributed by atoms with van der Waals surface area (Å²) >= 11 is 0. The zero-order chi connectivity index (χ0) is 18.7. The number of terminal acetylenes is 1. The van der Waals surface area contributed by atoms with Crippen LogP contribution in [0, 0.1) is 41.4 Å². The Morgan fingerprint density at radius 2 is 1.96 bits per heavy atom. The molecule has 0 radical (unpaired) electrons. The lowest BCUT2D eigenvalue weighted by molar-refractivity contribution is -0.116. The predicted molar refractivity (Wildman–Crippen MR) is 96.3 cm³/mol. The first-order chi connectivity index (χ1) is 12.2. The van der Waals surface area contributed by atoms with Gasteiger partial charge in [-0.25, -0.2) is 4.18 Å². The largest absolute Gasteiger partial charge is 0.398 e. The first-order valence-electron chi connectivity index (χ1n) is 9.58. The summed E-state index contributed by atoms with van der Waals surface area (Å²) in [5, 5.41) is 0. The molecule has 26 heavy (non-hydrogen) atoms. The van der Waals surface area contributed by atoms with E-state index in [0.717, 1.165) is 38.5 Å². The van der Waals surface area contributed by atoms with E-state index < -0.39 is 21.4 Å². The van der Waals surface area contributed by atoms with E-state index in [9.17, 15) is 17.8 Å². The maximum Gasteiger partial charge on any atom is 0.398 e. The van der Waals surface area contributed by atoms with Crippen LogP contribution in [-0.4, -0.2) is 24.4 Å². The summed E-state index contributed by atoms with van der Waals surface area (Å²) in [7, 11) is -4.61. The second-order valence-corrected chi connectivity index (χ2v) is 9.80. The highest BCUT2D eigenvalue weighted by Crippen LogP contribution is 2.65. The lowest BCUT2D eigenvalue weighted by Crippen LogP contribution is -2.53. The first kappa shape index (κ1) is 18.2. The molecule has 0 saturated heterocycles. The van der Waals surface area contributed by atoms with Crippen LogP contribution in [0.3, 0.4) is 0 Å². The second kappa shape index (κ2) is 5.92. The molecule has 142 valence electrons. The monoisotopic (exact) mass is 378 g/mol. The van der Waals surface area contributed by atoms with Crippen molar-refractivity contribution in [2.24, 2.45) is 29.1 Å². The van der Waals surface area contributed by atoms with Crippen LogP contribution in [0.4, 0.5) is 0 Å². The van der Waals surface area contributed by atoms with Crippen molar-refractivity contribution >= 4 is 16.2 Å². The van der Waals surface area contributed by atoms with Crippen molar-refractivity contribution in [3.05, 3.63) is 11.6 Å². The fourth-order valence-corrected chi connectivity index (χ4v) is 7.44. The Labute approximate surface area is 155 Å². The van der Waals surface area contributed by atoms with Crippen LogP contribution in [0.5, 0.6) is 0 Å². The van der Waals surface area contributed by atoms with Crippen LogP contribution in [0.25, 0.3) is 0 Å². The van der Waals surface area contributed by atoms with E-state index in [4.69, 9.17) is 10.6 Å². The molecule has 0 aromatic heterocycles. The van der Waals surface area contributed by atoms with E-state index in [1.807, 2.05) is 13.0 Å². The maximum absolute atomic E-state index is 11.8. The molecule has 1 N–H and O–H groups in total. The highest BCUT2D eigenvalue weighted by Gasteiger charge is 2.64. The quantitative estimate of drug-likeness (QED) is 0.589. The topological polar surface area (TPSA) is 80.7 Å². The van der Waals surface area contributed by atoms with Gasteiger partial charge < -0.3 is 0 Å². The standard InChI is InChI=1S/C20H26O5S/c1-3-20(25-26(22,23)24)11-9-18-17-6-4-13-12-14(21)5-7-15(13)16(17)8-10-19(18,20)2/h1,12,15-18H,4-11H2,2H3,(H,22,23,24)/t15-,16+,17+,18-,19-,20-/m1/s1. The molecular weight excluding hydrogens is 352 g/mol. The summed E-state index contributed by atoms with van der Waals surface area (Å²) in [5.41, 5.74) is -0.388. The number of ketones is 1. The zero-order valence-electron chi connectivity index (χ0n) is 15.1. The molecule has 6 heteroatoms. The minimum atomic E-state index is -4.61. The third kappa shape index (κ3) is 2.59. The number of hydrogen-bond donors (Lipinski definition) is 1. The Bertz CT molecular complexity index is 807. The number of allylic oxidation sites excluding steroid dienone is 1. The van der Waals surface area contributed by atoms with E-state index in [1.165, 1.54) is 5.57 Å². The van der Waals surface area contributed by atoms with Crippen LogP contribution in [-0.2, 0) is 19.4 Å². The van der Waals surface area contributed by atoms with Gasteiger partial charge in [-0.1, -0.05) is 18.4 Å². The van der Waals surface area contributed by atoms with Crippen LogP contribution < -0.4 is 0 Å². The minimum absolute atomic E-state index is 0.254. The van der Waals surface area contributed by atoms with Gasteiger partial charge in [-0.2, -0.15) is 8.42 Å². The van der Waals surface area contributed by atoms with Gasteiger partial charge in [-0.3, -0.25) is 9.35 Å². The van der Waals surface area contributed by atoms with Gasteiger partial charge in [0.05, 0.1) is 0 Å². The summed E-state index contributed by atoms with van der Waals surface area (Å²) in [6, 6.07) is 0. The smallest absolute Gasteiger partial charge is 0.295 e. The van der Waals surface area contributed by atoms with Gasteiger partial charge in [-0.05, 0) is 74.7 Å². The summed E-state index contributed by atoms with van der Waals surface area (Å²) in [6.45, 7) is 2.04. The van der Waals surface area contributed by atoms with Crippen LogP contribution >= 0.6 is 0 Å². The maximum atomic E-state index is 11.8.